The van der Waals surface area contributed by atoms with Gasteiger partial charge in [-0.1, -0.05) is 18.2 Å². The summed E-state index contributed by atoms with van der Waals surface area (Å²) in [6, 6.07) is 4.35. The number of methoxy groups -OCH3 is 2. The first-order valence-corrected chi connectivity index (χ1v) is 10.5. The first kappa shape index (κ1) is 24.3. The van der Waals surface area contributed by atoms with Crippen LogP contribution in [0.15, 0.2) is 51.7 Å². The number of benzene rings is 2. The molecule has 1 heterocycles. The van der Waals surface area contributed by atoms with Crippen LogP contribution >= 0.6 is 0 Å². The van der Waals surface area contributed by atoms with Crippen molar-refractivity contribution < 1.29 is 27.8 Å². The number of hydrogen-bond acceptors (Lipinski definition) is 6. The Balaban J connectivity index is 2.45. The molecule has 0 spiro atoms. The molecule has 1 aromatic heterocycles. The monoisotopic (exact) mass is 456 g/mol. The van der Waals surface area contributed by atoms with Crippen molar-refractivity contribution in [3.05, 3.63) is 64.1 Å². The summed E-state index contributed by atoms with van der Waals surface area (Å²) < 4.78 is 43.0. The van der Waals surface area contributed by atoms with Crippen LogP contribution < -0.4 is 19.6 Å². The van der Waals surface area contributed by atoms with Crippen LogP contribution in [0.2, 0.25) is 0 Å². The van der Waals surface area contributed by atoms with Gasteiger partial charge in [0.1, 0.15) is 33.7 Å². The summed E-state index contributed by atoms with van der Waals surface area (Å²) in [6.07, 6.45) is 3.80. The minimum atomic E-state index is -0.763. The predicted molar refractivity (Wildman–Crippen MR) is 127 cm³/mol. The molecule has 0 saturated carbocycles. The standard InChI is InChI=1S/C26H29FO6/c1-8-26(4,5)33-21-12-16(30-7)11-19-23(21)24(28)22-17(10-9-15(2)3)25(31-14-29-6)18(27)13-20(22)32-19/h8-9,11-13H,1,10,14H2,2-7H3. The van der Waals surface area contributed by atoms with E-state index in [1.165, 1.54) is 14.2 Å². The van der Waals surface area contributed by atoms with Gasteiger partial charge >= 0.3 is 0 Å². The fourth-order valence-corrected chi connectivity index (χ4v) is 3.40. The smallest absolute Gasteiger partial charge is 0.204 e. The molecule has 0 fully saturated rings. The molecule has 2 aromatic carbocycles. The number of halogens is 1. The van der Waals surface area contributed by atoms with Crippen LogP contribution in [0, 0.1) is 5.82 Å². The molecule has 0 aliphatic heterocycles. The summed E-state index contributed by atoms with van der Waals surface area (Å²) in [5.41, 5.74) is 0.596. The SMILES string of the molecule is C=CC(C)(C)Oc1cc(OC)cc2oc3cc(F)c(OCOC)c(CC=C(C)C)c3c(=O)c12. The average molecular weight is 457 g/mol. The summed E-state index contributed by atoms with van der Waals surface area (Å²) in [4.78, 5) is 13.8. The second kappa shape index (κ2) is 9.67. The van der Waals surface area contributed by atoms with Crippen molar-refractivity contribution in [2.24, 2.45) is 0 Å². The second-order valence-corrected chi connectivity index (χ2v) is 8.42. The summed E-state index contributed by atoms with van der Waals surface area (Å²) in [5, 5.41) is 0.444. The largest absolute Gasteiger partial charge is 0.496 e. The fourth-order valence-electron chi connectivity index (χ4n) is 3.40. The quantitative estimate of drug-likeness (QED) is 0.226. The molecule has 6 nitrogen and oxygen atoms in total. The molecule has 0 bridgehead atoms. The fraction of sp³-hybridized carbons (Fsp3) is 0.346. The van der Waals surface area contributed by atoms with Gasteiger partial charge in [-0.2, -0.15) is 0 Å². The Kier molecular flexibility index (Phi) is 7.12. The van der Waals surface area contributed by atoms with E-state index in [1.807, 2.05) is 33.8 Å². The van der Waals surface area contributed by atoms with Gasteiger partial charge in [-0.05, 0) is 40.2 Å². The average Bonchev–Trinajstić information content (AvgIpc) is 2.75. The van der Waals surface area contributed by atoms with Crippen molar-refractivity contribution in [3.63, 3.8) is 0 Å². The minimum absolute atomic E-state index is 0.0455. The highest BCUT2D eigenvalue weighted by molar-refractivity contribution is 5.96. The van der Waals surface area contributed by atoms with E-state index in [4.69, 9.17) is 23.4 Å². The molecule has 3 aromatic rings. The molecular weight excluding hydrogens is 427 g/mol. The zero-order valence-electron chi connectivity index (χ0n) is 19.8. The summed E-state index contributed by atoms with van der Waals surface area (Å²) >= 11 is 0. The molecule has 0 saturated heterocycles. The predicted octanol–water partition coefficient (Wildman–Crippen LogP) is 5.93. The van der Waals surface area contributed by atoms with Crippen LogP contribution in [0.4, 0.5) is 4.39 Å². The molecule has 176 valence electrons. The third kappa shape index (κ3) is 5.03. The Labute approximate surface area is 192 Å². The van der Waals surface area contributed by atoms with Crippen LogP contribution in [0.1, 0.15) is 33.3 Å². The molecule has 0 radical (unpaired) electrons. The van der Waals surface area contributed by atoms with E-state index < -0.39 is 11.4 Å². The molecular formula is C26H29FO6. The normalized spacial score (nSPS) is 11.5. The van der Waals surface area contributed by atoms with E-state index in [1.54, 1.807) is 18.2 Å². The Bertz CT molecular complexity index is 1280. The highest BCUT2D eigenvalue weighted by Crippen LogP contribution is 2.37. The molecule has 0 amide bonds. The van der Waals surface area contributed by atoms with Crippen molar-refractivity contribution in [1.29, 1.82) is 0 Å². The van der Waals surface area contributed by atoms with Gasteiger partial charge in [-0.3, -0.25) is 4.79 Å². The summed E-state index contributed by atoms with van der Waals surface area (Å²) in [6.45, 7) is 11.1. The van der Waals surface area contributed by atoms with E-state index in [0.29, 0.717) is 11.3 Å². The summed E-state index contributed by atoms with van der Waals surface area (Å²) in [7, 11) is 2.94. The van der Waals surface area contributed by atoms with Gasteiger partial charge in [0, 0.05) is 30.9 Å². The van der Waals surface area contributed by atoms with E-state index in [2.05, 4.69) is 6.58 Å². The van der Waals surface area contributed by atoms with Crippen molar-refractivity contribution in [2.45, 2.75) is 39.7 Å². The molecule has 0 atom stereocenters. The summed E-state index contributed by atoms with van der Waals surface area (Å²) in [5.74, 6) is 0.0224. The van der Waals surface area contributed by atoms with Crippen molar-refractivity contribution in [3.8, 4) is 17.2 Å². The number of ether oxygens (including phenoxy) is 4. The Morgan fingerprint density at radius 2 is 1.85 bits per heavy atom. The van der Waals surface area contributed by atoms with Gasteiger partial charge in [0.2, 0.25) is 5.43 Å². The Hall–Kier alpha value is -3.32. The van der Waals surface area contributed by atoms with E-state index in [-0.39, 0.29) is 52.1 Å². The highest BCUT2D eigenvalue weighted by atomic mass is 19.1. The molecule has 0 aliphatic carbocycles. The minimum Gasteiger partial charge on any atom is -0.496 e. The Morgan fingerprint density at radius 3 is 2.45 bits per heavy atom. The van der Waals surface area contributed by atoms with E-state index in [0.717, 1.165) is 11.6 Å². The van der Waals surface area contributed by atoms with Crippen LogP contribution in [-0.2, 0) is 11.2 Å². The van der Waals surface area contributed by atoms with E-state index in [9.17, 15) is 4.79 Å². The van der Waals surface area contributed by atoms with E-state index >= 15 is 4.39 Å². The maximum Gasteiger partial charge on any atom is 0.204 e. The van der Waals surface area contributed by atoms with Crippen LogP contribution in [-0.4, -0.2) is 26.6 Å². The maximum absolute atomic E-state index is 15.0. The van der Waals surface area contributed by atoms with Gasteiger partial charge in [-0.25, -0.2) is 4.39 Å². The highest BCUT2D eigenvalue weighted by Gasteiger charge is 2.24. The zero-order valence-corrected chi connectivity index (χ0v) is 19.8. The first-order valence-electron chi connectivity index (χ1n) is 10.5. The third-order valence-electron chi connectivity index (χ3n) is 5.15. The van der Waals surface area contributed by atoms with Crippen LogP contribution in [0.25, 0.3) is 21.9 Å². The van der Waals surface area contributed by atoms with Crippen LogP contribution in [0.5, 0.6) is 17.2 Å². The lowest BCUT2D eigenvalue weighted by Gasteiger charge is -2.23. The molecule has 0 unspecified atom stereocenters. The second-order valence-electron chi connectivity index (χ2n) is 8.42. The van der Waals surface area contributed by atoms with Crippen molar-refractivity contribution in [1.82, 2.24) is 0 Å². The number of fused-ring (bicyclic) bond motifs is 2. The maximum atomic E-state index is 15.0. The number of hydrogen-bond donors (Lipinski definition) is 0. The lowest BCUT2D eigenvalue weighted by Crippen LogP contribution is -2.25. The number of allylic oxidation sites excluding steroid dienone is 2. The van der Waals surface area contributed by atoms with Gasteiger partial charge in [0.15, 0.2) is 18.4 Å². The topological polar surface area (TPSA) is 67.1 Å². The third-order valence-corrected chi connectivity index (χ3v) is 5.15. The van der Waals surface area contributed by atoms with Gasteiger partial charge in [0.05, 0.1) is 12.5 Å². The lowest BCUT2D eigenvalue weighted by atomic mass is 10.0. The lowest BCUT2D eigenvalue weighted by molar-refractivity contribution is 0.0477. The zero-order chi connectivity index (χ0) is 24.3. The van der Waals surface area contributed by atoms with Crippen molar-refractivity contribution >= 4 is 21.9 Å². The van der Waals surface area contributed by atoms with Gasteiger partial charge < -0.3 is 23.4 Å². The molecule has 3 rings (SSSR count). The van der Waals surface area contributed by atoms with Gasteiger partial charge in [-0.15, -0.1) is 0 Å². The molecule has 0 aliphatic rings. The molecule has 0 N–H and O–H groups in total. The van der Waals surface area contributed by atoms with Crippen LogP contribution in [0.3, 0.4) is 0 Å². The number of rotatable bonds is 9. The first-order chi connectivity index (χ1) is 15.6. The van der Waals surface area contributed by atoms with Crippen molar-refractivity contribution in [2.75, 3.05) is 21.0 Å². The molecule has 7 heteroatoms. The molecule has 33 heavy (non-hydrogen) atoms. The van der Waals surface area contributed by atoms with Gasteiger partial charge in [0.25, 0.3) is 0 Å². The Morgan fingerprint density at radius 1 is 1.15 bits per heavy atom.